The molecular formula is C6H3F8KO4. The van der Waals surface area contributed by atoms with Crippen LogP contribution in [-0.2, 0) is 19.5 Å². The van der Waals surface area contributed by atoms with E-state index in [1.807, 2.05) is 4.94 Å². The number of halogens is 8. The summed E-state index contributed by atoms with van der Waals surface area (Å²) in [6.07, 6.45) is -8.84. The minimum Gasteiger partial charge on any atom is -1.00 e. The maximum absolute atomic E-state index is 12.6. The summed E-state index contributed by atoms with van der Waals surface area (Å²) >= 11 is 0. The SMILES string of the molecule is O=C(OF)C(F)C(F)C(F)(F)C(F)(F)C(=O)OF.[H-].[K+]. The quantitative estimate of drug-likeness (QED) is 0.475. The van der Waals surface area contributed by atoms with Gasteiger partial charge >= 0.3 is 75.2 Å². The van der Waals surface area contributed by atoms with Crippen LogP contribution in [0.2, 0.25) is 0 Å². The van der Waals surface area contributed by atoms with Gasteiger partial charge in [-0.05, 0) is 0 Å². The topological polar surface area (TPSA) is 52.6 Å². The molecular weight excluding hydrogens is 327 g/mol. The summed E-state index contributed by atoms with van der Waals surface area (Å²) < 4.78 is 97.3. The van der Waals surface area contributed by atoms with E-state index >= 15 is 0 Å². The van der Waals surface area contributed by atoms with E-state index in [0.717, 1.165) is 0 Å². The second-order valence-corrected chi connectivity index (χ2v) is 2.76. The van der Waals surface area contributed by atoms with Crippen LogP contribution in [0.25, 0.3) is 0 Å². The smallest absolute Gasteiger partial charge is 1.00 e. The van der Waals surface area contributed by atoms with Crippen LogP contribution >= 0.6 is 0 Å². The summed E-state index contributed by atoms with van der Waals surface area (Å²) in [5.74, 6) is -18.7. The number of carbonyl (C=O) groups excluding carboxylic acids is 2. The van der Waals surface area contributed by atoms with Gasteiger partial charge in [-0.3, -0.25) is 4.94 Å². The van der Waals surface area contributed by atoms with Crippen molar-refractivity contribution >= 4 is 11.9 Å². The first-order chi connectivity index (χ1) is 8.03. The zero-order valence-corrected chi connectivity index (χ0v) is 11.9. The zero-order valence-electron chi connectivity index (χ0n) is 9.81. The number of rotatable bonds is 5. The standard InChI is InChI=1S/C6H2F8O4.K.H/c7-1(3(15)17-13)2(8)5(9,10)6(11,12)4(16)18-14;;/h1-2H;;/q;+1;-1. The van der Waals surface area contributed by atoms with Crippen molar-refractivity contribution in [2.45, 2.75) is 24.2 Å². The summed E-state index contributed by atoms with van der Waals surface area (Å²) in [5.41, 5.74) is 0. The molecule has 0 radical (unpaired) electrons. The van der Waals surface area contributed by atoms with Crippen molar-refractivity contribution in [3.05, 3.63) is 0 Å². The van der Waals surface area contributed by atoms with Crippen molar-refractivity contribution < 1.29 is 108 Å². The fourth-order valence-corrected chi connectivity index (χ4v) is 0.704. The molecule has 0 amide bonds. The molecule has 0 aliphatic rings. The third kappa shape index (κ3) is 4.24. The molecule has 0 N–H and O–H groups in total. The molecule has 0 bridgehead atoms. The number of alkyl halides is 6. The molecule has 2 atom stereocenters. The minimum atomic E-state index is -6.18. The largest absolute Gasteiger partial charge is 1.00 e. The van der Waals surface area contributed by atoms with Crippen LogP contribution in [0.5, 0.6) is 0 Å². The fourth-order valence-electron chi connectivity index (χ4n) is 0.704. The van der Waals surface area contributed by atoms with E-state index in [0.29, 0.717) is 0 Å². The molecule has 0 aliphatic heterocycles. The molecule has 0 heterocycles. The second-order valence-electron chi connectivity index (χ2n) is 2.76. The summed E-state index contributed by atoms with van der Waals surface area (Å²) in [7, 11) is 0. The summed E-state index contributed by atoms with van der Waals surface area (Å²) in [4.78, 5) is 23.7. The number of hydrogen-bond acceptors (Lipinski definition) is 4. The van der Waals surface area contributed by atoms with Crippen LogP contribution in [0.3, 0.4) is 0 Å². The maximum atomic E-state index is 12.6. The van der Waals surface area contributed by atoms with Crippen LogP contribution in [-0.4, -0.2) is 36.1 Å². The molecule has 108 valence electrons. The Morgan fingerprint density at radius 1 is 1.00 bits per heavy atom. The summed E-state index contributed by atoms with van der Waals surface area (Å²) in [5, 5.41) is 0. The van der Waals surface area contributed by atoms with E-state index < -0.39 is 36.1 Å². The molecule has 0 fully saturated rings. The summed E-state index contributed by atoms with van der Waals surface area (Å²) in [6.45, 7) is 0. The van der Waals surface area contributed by atoms with Gasteiger partial charge in [-0.15, -0.1) is 0 Å². The third-order valence-electron chi connectivity index (χ3n) is 1.65. The van der Waals surface area contributed by atoms with E-state index in [9.17, 15) is 45.0 Å². The molecule has 0 saturated heterocycles. The fraction of sp³-hybridized carbons (Fsp3) is 0.667. The molecule has 0 aromatic heterocycles. The van der Waals surface area contributed by atoms with Gasteiger partial charge in [0.1, 0.15) is 0 Å². The molecule has 0 spiro atoms. The number of hydrogen-bond donors (Lipinski definition) is 0. The average Bonchev–Trinajstić information content (AvgIpc) is 2.34. The van der Waals surface area contributed by atoms with Crippen molar-refractivity contribution in [1.29, 1.82) is 0 Å². The van der Waals surface area contributed by atoms with Gasteiger partial charge in [0.05, 0.1) is 0 Å². The van der Waals surface area contributed by atoms with E-state index in [1.165, 1.54) is 0 Å². The third-order valence-corrected chi connectivity index (χ3v) is 1.65. The van der Waals surface area contributed by atoms with Crippen molar-refractivity contribution in [1.82, 2.24) is 0 Å². The van der Waals surface area contributed by atoms with Crippen molar-refractivity contribution in [3.63, 3.8) is 0 Å². The Bertz CT molecular complexity index is 343. The van der Waals surface area contributed by atoms with Crippen molar-refractivity contribution in [2.75, 3.05) is 0 Å². The van der Waals surface area contributed by atoms with Gasteiger partial charge in [0.2, 0.25) is 12.3 Å². The number of carbonyl (C=O) groups is 2. The summed E-state index contributed by atoms with van der Waals surface area (Å²) in [6, 6.07) is 0. The minimum absolute atomic E-state index is 0. The van der Waals surface area contributed by atoms with E-state index in [2.05, 4.69) is 0 Å². The Balaban J connectivity index is -0.00000144. The van der Waals surface area contributed by atoms with Gasteiger partial charge in [-0.1, -0.05) is 0 Å². The Morgan fingerprint density at radius 2 is 1.42 bits per heavy atom. The first kappa shape index (κ1) is 21.3. The van der Waals surface area contributed by atoms with E-state index in [1.54, 1.807) is 4.94 Å². The Hall–Kier alpha value is 0.0164. The van der Waals surface area contributed by atoms with Gasteiger partial charge in [-0.2, -0.15) is 17.6 Å². The van der Waals surface area contributed by atoms with E-state index in [4.69, 9.17) is 0 Å². The first-order valence-corrected chi connectivity index (χ1v) is 3.73. The first-order valence-electron chi connectivity index (χ1n) is 3.73. The van der Waals surface area contributed by atoms with Gasteiger partial charge in [0.15, 0.2) is 0 Å². The predicted octanol–water partition coefficient (Wildman–Crippen LogP) is -1.09. The second kappa shape index (κ2) is 7.71. The van der Waals surface area contributed by atoms with Crippen LogP contribution in [0.15, 0.2) is 0 Å². The molecule has 13 heteroatoms. The molecule has 4 nitrogen and oxygen atoms in total. The van der Waals surface area contributed by atoms with E-state index in [-0.39, 0.29) is 52.8 Å². The molecule has 19 heavy (non-hydrogen) atoms. The normalized spacial score (nSPS) is 14.9. The van der Waals surface area contributed by atoms with Crippen LogP contribution in [0.1, 0.15) is 1.43 Å². The van der Waals surface area contributed by atoms with Gasteiger partial charge < -0.3 is 1.43 Å². The van der Waals surface area contributed by atoms with Crippen LogP contribution in [0.4, 0.5) is 35.4 Å². The molecule has 0 saturated carbocycles. The Labute approximate surface area is 143 Å². The zero-order chi connectivity index (χ0) is 14.7. The Kier molecular flexibility index (Phi) is 8.65. The predicted molar refractivity (Wildman–Crippen MR) is 35.2 cm³/mol. The van der Waals surface area contributed by atoms with Gasteiger partial charge in [0.25, 0.3) is 0 Å². The van der Waals surface area contributed by atoms with Gasteiger partial charge in [0, 0.05) is 9.05 Å². The van der Waals surface area contributed by atoms with Crippen LogP contribution in [0, 0.1) is 0 Å². The monoisotopic (exact) mass is 330 g/mol. The van der Waals surface area contributed by atoms with Crippen molar-refractivity contribution in [3.8, 4) is 0 Å². The Morgan fingerprint density at radius 3 is 1.74 bits per heavy atom. The molecule has 0 rings (SSSR count). The van der Waals surface area contributed by atoms with Gasteiger partial charge in [-0.25, -0.2) is 23.3 Å². The average molecular weight is 330 g/mol. The molecule has 0 aromatic carbocycles. The molecule has 2 unspecified atom stereocenters. The van der Waals surface area contributed by atoms with Crippen LogP contribution < -0.4 is 51.4 Å². The van der Waals surface area contributed by atoms with Crippen molar-refractivity contribution in [2.24, 2.45) is 0 Å². The maximum Gasteiger partial charge on any atom is 1.00 e. The molecule has 0 aromatic rings. The molecule has 0 aliphatic carbocycles.